The summed E-state index contributed by atoms with van der Waals surface area (Å²) in [5.74, 6) is 1.55. The normalized spacial score (nSPS) is 10.6. The predicted molar refractivity (Wildman–Crippen MR) is 87.8 cm³/mol. The number of benzene rings is 2. The molecule has 2 nitrogen and oxygen atoms in total. The van der Waals surface area contributed by atoms with Crippen molar-refractivity contribution in [1.82, 2.24) is 5.32 Å². The summed E-state index contributed by atoms with van der Waals surface area (Å²) in [7, 11) is 0. The molecule has 2 aromatic carbocycles. The molecule has 0 amide bonds. The standard InChI is InChI=1S/C16H17BrClNO/c1-3-19-10-12-4-5-14(9-16(12)18)20-13-6-7-15(17)11(2)8-13/h4-9,19H,3,10H2,1-2H3. The zero-order chi connectivity index (χ0) is 14.5. The van der Waals surface area contributed by atoms with Gasteiger partial charge in [0.15, 0.2) is 0 Å². The summed E-state index contributed by atoms with van der Waals surface area (Å²) < 4.78 is 6.90. The van der Waals surface area contributed by atoms with Crippen molar-refractivity contribution in [3.63, 3.8) is 0 Å². The minimum absolute atomic E-state index is 0.720. The summed E-state index contributed by atoms with van der Waals surface area (Å²) in [5.41, 5.74) is 2.21. The number of hydrogen-bond acceptors (Lipinski definition) is 2. The highest BCUT2D eigenvalue weighted by molar-refractivity contribution is 9.10. The summed E-state index contributed by atoms with van der Waals surface area (Å²) in [6.07, 6.45) is 0. The summed E-state index contributed by atoms with van der Waals surface area (Å²) >= 11 is 9.74. The second-order valence-electron chi connectivity index (χ2n) is 4.55. The third kappa shape index (κ3) is 3.98. The summed E-state index contributed by atoms with van der Waals surface area (Å²) in [4.78, 5) is 0. The molecule has 2 aromatic rings. The van der Waals surface area contributed by atoms with Crippen LogP contribution in [0.3, 0.4) is 0 Å². The summed E-state index contributed by atoms with van der Waals surface area (Å²) in [6, 6.07) is 11.7. The first-order chi connectivity index (χ1) is 9.60. The van der Waals surface area contributed by atoms with Crippen LogP contribution in [0.5, 0.6) is 11.5 Å². The van der Waals surface area contributed by atoms with E-state index in [1.165, 1.54) is 0 Å². The number of aryl methyl sites for hydroxylation is 1. The minimum Gasteiger partial charge on any atom is -0.457 e. The van der Waals surface area contributed by atoms with Gasteiger partial charge >= 0.3 is 0 Å². The van der Waals surface area contributed by atoms with Crippen LogP contribution in [-0.4, -0.2) is 6.54 Å². The van der Waals surface area contributed by atoms with Crippen LogP contribution in [0.4, 0.5) is 0 Å². The highest BCUT2D eigenvalue weighted by Gasteiger charge is 2.04. The number of nitrogens with one attached hydrogen (secondary N) is 1. The maximum Gasteiger partial charge on any atom is 0.128 e. The van der Waals surface area contributed by atoms with Crippen molar-refractivity contribution in [2.75, 3.05) is 6.54 Å². The Bertz CT molecular complexity index is 601. The minimum atomic E-state index is 0.720. The molecule has 0 heterocycles. The maximum absolute atomic E-state index is 6.26. The van der Waals surface area contributed by atoms with Crippen LogP contribution in [0.25, 0.3) is 0 Å². The Hall–Kier alpha value is -1.03. The number of ether oxygens (including phenoxy) is 1. The van der Waals surface area contributed by atoms with Crippen molar-refractivity contribution in [3.05, 3.63) is 57.0 Å². The van der Waals surface area contributed by atoms with Crippen LogP contribution in [0, 0.1) is 6.92 Å². The molecule has 0 unspecified atom stereocenters. The second-order valence-corrected chi connectivity index (χ2v) is 5.81. The zero-order valence-corrected chi connectivity index (χ0v) is 13.9. The molecule has 0 saturated carbocycles. The number of halogens is 2. The van der Waals surface area contributed by atoms with Gasteiger partial charge in [-0.25, -0.2) is 0 Å². The van der Waals surface area contributed by atoms with Crippen molar-refractivity contribution in [3.8, 4) is 11.5 Å². The van der Waals surface area contributed by atoms with Crippen LogP contribution in [0.15, 0.2) is 40.9 Å². The van der Waals surface area contributed by atoms with Crippen molar-refractivity contribution < 1.29 is 4.74 Å². The molecule has 20 heavy (non-hydrogen) atoms. The van der Waals surface area contributed by atoms with Gasteiger partial charge in [-0.05, 0) is 54.9 Å². The van der Waals surface area contributed by atoms with E-state index >= 15 is 0 Å². The number of rotatable bonds is 5. The molecular weight excluding hydrogens is 338 g/mol. The second kappa shape index (κ2) is 7.11. The van der Waals surface area contributed by atoms with E-state index in [4.69, 9.17) is 16.3 Å². The molecule has 0 bridgehead atoms. The Morgan fingerprint density at radius 1 is 1.15 bits per heavy atom. The molecule has 0 aliphatic rings. The third-order valence-corrected chi connectivity index (χ3v) is 4.20. The first kappa shape index (κ1) is 15.4. The fourth-order valence-corrected chi connectivity index (χ4v) is 2.30. The highest BCUT2D eigenvalue weighted by atomic mass is 79.9. The van der Waals surface area contributed by atoms with Gasteiger partial charge in [0, 0.05) is 16.0 Å². The fraction of sp³-hybridized carbons (Fsp3) is 0.250. The van der Waals surface area contributed by atoms with Crippen LogP contribution >= 0.6 is 27.5 Å². The van der Waals surface area contributed by atoms with Crippen LogP contribution in [0.2, 0.25) is 5.02 Å². The van der Waals surface area contributed by atoms with Gasteiger partial charge in [-0.15, -0.1) is 0 Å². The topological polar surface area (TPSA) is 21.3 Å². The highest BCUT2D eigenvalue weighted by Crippen LogP contribution is 2.29. The molecule has 0 saturated heterocycles. The SMILES string of the molecule is CCNCc1ccc(Oc2ccc(Br)c(C)c2)cc1Cl. The predicted octanol–water partition coefficient (Wildman–Crippen LogP) is 5.31. The molecule has 0 aliphatic heterocycles. The molecule has 0 spiro atoms. The quantitative estimate of drug-likeness (QED) is 0.785. The largest absolute Gasteiger partial charge is 0.457 e. The van der Waals surface area contributed by atoms with E-state index in [-0.39, 0.29) is 0 Å². The lowest BCUT2D eigenvalue weighted by molar-refractivity contribution is 0.482. The van der Waals surface area contributed by atoms with Gasteiger partial charge in [-0.1, -0.05) is 40.5 Å². The Morgan fingerprint density at radius 3 is 2.50 bits per heavy atom. The Kier molecular flexibility index (Phi) is 5.46. The zero-order valence-electron chi connectivity index (χ0n) is 11.5. The van der Waals surface area contributed by atoms with Gasteiger partial charge in [-0.2, -0.15) is 0 Å². The van der Waals surface area contributed by atoms with Gasteiger partial charge in [0.05, 0.1) is 0 Å². The number of hydrogen-bond donors (Lipinski definition) is 1. The molecule has 1 N–H and O–H groups in total. The van der Waals surface area contributed by atoms with Crippen LogP contribution in [0.1, 0.15) is 18.1 Å². The molecule has 0 aromatic heterocycles. The van der Waals surface area contributed by atoms with Crippen LogP contribution in [-0.2, 0) is 6.54 Å². The fourth-order valence-electron chi connectivity index (χ4n) is 1.81. The first-order valence-corrected chi connectivity index (χ1v) is 7.70. The van der Waals surface area contributed by atoms with Crippen molar-refractivity contribution >= 4 is 27.5 Å². The molecule has 0 aliphatic carbocycles. The maximum atomic E-state index is 6.26. The van der Waals surface area contributed by atoms with E-state index in [1.54, 1.807) is 0 Å². The van der Waals surface area contributed by atoms with E-state index in [2.05, 4.69) is 28.2 Å². The van der Waals surface area contributed by atoms with Gasteiger partial charge in [0.25, 0.3) is 0 Å². The van der Waals surface area contributed by atoms with Crippen molar-refractivity contribution in [2.24, 2.45) is 0 Å². The van der Waals surface area contributed by atoms with E-state index in [0.29, 0.717) is 0 Å². The lowest BCUT2D eigenvalue weighted by Crippen LogP contribution is -2.11. The van der Waals surface area contributed by atoms with Crippen molar-refractivity contribution in [2.45, 2.75) is 20.4 Å². The van der Waals surface area contributed by atoms with Gasteiger partial charge in [0.2, 0.25) is 0 Å². The molecule has 0 atom stereocenters. The van der Waals surface area contributed by atoms with E-state index in [0.717, 1.165) is 45.2 Å². The molecule has 0 radical (unpaired) electrons. The average Bonchev–Trinajstić information content (AvgIpc) is 2.42. The molecule has 106 valence electrons. The van der Waals surface area contributed by atoms with E-state index < -0.39 is 0 Å². The van der Waals surface area contributed by atoms with Gasteiger partial charge in [-0.3, -0.25) is 0 Å². The Labute approximate surface area is 133 Å². The van der Waals surface area contributed by atoms with E-state index in [1.807, 2.05) is 43.3 Å². The Morgan fingerprint density at radius 2 is 1.85 bits per heavy atom. The van der Waals surface area contributed by atoms with Gasteiger partial charge in [0.1, 0.15) is 11.5 Å². The monoisotopic (exact) mass is 353 g/mol. The first-order valence-electron chi connectivity index (χ1n) is 6.53. The van der Waals surface area contributed by atoms with Crippen LogP contribution < -0.4 is 10.1 Å². The lowest BCUT2D eigenvalue weighted by Gasteiger charge is -2.10. The molecule has 2 rings (SSSR count). The molecule has 0 fully saturated rings. The average molecular weight is 355 g/mol. The molecular formula is C16H17BrClNO. The van der Waals surface area contributed by atoms with E-state index in [9.17, 15) is 0 Å². The lowest BCUT2D eigenvalue weighted by atomic mass is 10.2. The Balaban J connectivity index is 2.13. The molecule has 4 heteroatoms. The smallest absolute Gasteiger partial charge is 0.128 e. The third-order valence-electron chi connectivity index (χ3n) is 2.96. The van der Waals surface area contributed by atoms with Gasteiger partial charge < -0.3 is 10.1 Å². The summed E-state index contributed by atoms with van der Waals surface area (Å²) in [5, 5.41) is 3.98. The summed E-state index contributed by atoms with van der Waals surface area (Å²) in [6.45, 7) is 5.80. The van der Waals surface area contributed by atoms with Crippen molar-refractivity contribution in [1.29, 1.82) is 0 Å².